The summed E-state index contributed by atoms with van der Waals surface area (Å²) in [5.41, 5.74) is 1.03. The molecule has 1 aromatic rings. The topological polar surface area (TPSA) is 25.4 Å². The second-order valence-corrected chi connectivity index (χ2v) is 7.28. The SMILES string of the molecule is CN(Cc1nc(Cl)ccc1Cl)C1C2CCOC2C1(C)C. The Morgan fingerprint density at radius 1 is 1.40 bits per heavy atom. The predicted octanol–water partition coefficient (Wildman–Crippen LogP) is 3.63. The van der Waals surface area contributed by atoms with E-state index in [-0.39, 0.29) is 5.41 Å². The first-order valence-corrected chi connectivity index (χ1v) is 7.79. The van der Waals surface area contributed by atoms with Gasteiger partial charge in [-0.3, -0.25) is 4.90 Å². The molecular weight excluding hydrogens is 295 g/mol. The first kappa shape index (κ1) is 14.6. The van der Waals surface area contributed by atoms with Crippen LogP contribution < -0.4 is 0 Å². The van der Waals surface area contributed by atoms with E-state index in [0.717, 1.165) is 25.3 Å². The molecule has 1 saturated carbocycles. The summed E-state index contributed by atoms with van der Waals surface area (Å²) in [5, 5.41) is 1.17. The van der Waals surface area contributed by atoms with E-state index in [9.17, 15) is 0 Å². The quantitative estimate of drug-likeness (QED) is 0.797. The van der Waals surface area contributed by atoms with Crippen LogP contribution in [0.4, 0.5) is 0 Å². The van der Waals surface area contributed by atoms with Crippen molar-refractivity contribution in [1.82, 2.24) is 9.88 Å². The molecule has 2 fully saturated rings. The number of aromatic nitrogens is 1. The minimum Gasteiger partial charge on any atom is -0.377 e. The van der Waals surface area contributed by atoms with E-state index in [0.29, 0.717) is 28.2 Å². The van der Waals surface area contributed by atoms with Crippen molar-refractivity contribution in [3.8, 4) is 0 Å². The van der Waals surface area contributed by atoms with Crippen molar-refractivity contribution in [2.45, 2.75) is 39.0 Å². The first-order chi connectivity index (χ1) is 9.41. The van der Waals surface area contributed by atoms with Gasteiger partial charge in [0, 0.05) is 30.5 Å². The lowest BCUT2D eigenvalue weighted by atomic mass is 9.57. The molecule has 1 aliphatic heterocycles. The van der Waals surface area contributed by atoms with Gasteiger partial charge in [0.15, 0.2) is 0 Å². The Kier molecular flexibility index (Phi) is 3.74. The number of pyridine rings is 1. The molecule has 3 atom stereocenters. The lowest BCUT2D eigenvalue weighted by molar-refractivity contribution is -0.151. The number of hydrogen-bond acceptors (Lipinski definition) is 3. The minimum atomic E-state index is 0.182. The van der Waals surface area contributed by atoms with Crippen molar-refractivity contribution in [1.29, 1.82) is 0 Å². The molecule has 0 amide bonds. The molecule has 3 nitrogen and oxygen atoms in total. The third-order valence-corrected chi connectivity index (χ3v) is 5.35. The van der Waals surface area contributed by atoms with Crippen LogP contribution in [0.2, 0.25) is 10.2 Å². The third kappa shape index (κ3) is 2.25. The van der Waals surface area contributed by atoms with Gasteiger partial charge in [-0.05, 0) is 25.6 Å². The van der Waals surface area contributed by atoms with Gasteiger partial charge in [0.1, 0.15) is 5.15 Å². The summed E-state index contributed by atoms with van der Waals surface area (Å²) in [5.74, 6) is 0.632. The van der Waals surface area contributed by atoms with Gasteiger partial charge in [0.2, 0.25) is 0 Å². The number of rotatable bonds is 3. The van der Waals surface area contributed by atoms with Crippen LogP contribution in [0.15, 0.2) is 12.1 Å². The summed E-state index contributed by atoms with van der Waals surface area (Å²) in [6.07, 6.45) is 1.55. The maximum Gasteiger partial charge on any atom is 0.129 e. The van der Waals surface area contributed by atoms with E-state index in [2.05, 4.69) is 30.8 Å². The maximum atomic E-state index is 6.22. The van der Waals surface area contributed by atoms with Gasteiger partial charge in [0.25, 0.3) is 0 Å². The fourth-order valence-electron chi connectivity index (χ4n) is 4.10. The normalized spacial score (nSPS) is 31.2. The zero-order valence-corrected chi connectivity index (χ0v) is 13.6. The van der Waals surface area contributed by atoms with Crippen molar-refractivity contribution in [3.63, 3.8) is 0 Å². The Morgan fingerprint density at radius 2 is 2.15 bits per heavy atom. The summed E-state index contributed by atoms with van der Waals surface area (Å²) in [4.78, 5) is 6.69. The highest BCUT2D eigenvalue weighted by atomic mass is 35.5. The molecule has 0 aromatic carbocycles. The Hall–Kier alpha value is -0.350. The lowest BCUT2D eigenvalue weighted by Gasteiger charge is -2.58. The fourth-order valence-corrected chi connectivity index (χ4v) is 4.43. The van der Waals surface area contributed by atoms with Crippen LogP contribution in [0.25, 0.3) is 0 Å². The Labute approximate surface area is 130 Å². The van der Waals surface area contributed by atoms with E-state index in [1.54, 1.807) is 6.07 Å². The first-order valence-electron chi connectivity index (χ1n) is 7.04. The molecule has 1 saturated heterocycles. The van der Waals surface area contributed by atoms with Crippen LogP contribution in [0, 0.1) is 11.3 Å². The third-order valence-electron chi connectivity index (χ3n) is 4.80. The molecule has 0 bridgehead atoms. The average Bonchev–Trinajstić information content (AvgIpc) is 2.79. The second-order valence-electron chi connectivity index (χ2n) is 6.49. The van der Waals surface area contributed by atoms with Gasteiger partial charge in [-0.2, -0.15) is 0 Å². The maximum absolute atomic E-state index is 6.22. The average molecular weight is 315 g/mol. The Balaban J connectivity index is 1.76. The van der Waals surface area contributed by atoms with Crippen molar-refractivity contribution < 1.29 is 4.74 Å². The fraction of sp³-hybridized carbons (Fsp3) is 0.667. The monoisotopic (exact) mass is 314 g/mol. The molecule has 3 unspecified atom stereocenters. The smallest absolute Gasteiger partial charge is 0.129 e. The Morgan fingerprint density at radius 3 is 2.90 bits per heavy atom. The van der Waals surface area contributed by atoms with E-state index in [1.807, 2.05) is 6.07 Å². The summed E-state index contributed by atoms with van der Waals surface area (Å²) < 4.78 is 5.85. The van der Waals surface area contributed by atoms with Crippen molar-refractivity contribution in [2.24, 2.45) is 11.3 Å². The molecule has 0 N–H and O–H groups in total. The van der Waals surface area contributed by atoms with Gasteiger partial charge < -0.3 is 4.74 Å². The summed E-state index contributed by atoms with van der Waals surface area (Å²) in [6, 6.07) is 4.04. The van der Waals surface area contributed by atoms with Gasteiger partial charge >= 0.3 is 0 Å². The highest BCUT2D eigenvalue weighted by Crippen LogP contribution is 2.54. The van der Waals surface area contributed by atoms with E-state index in [4.69, 9.17) is 27.9 Å². The van der Waals surface area contributed by atoms with Gasteiger partial charge in [-0.15, -0.1) is 0 Å². The molecule has 2 heterocycles. The van der Waals surface area contributed by atoms with Crippen LogP contribution in [0.1, 0.15) is 26.0 Å². The van der Waals surface area contributed by atoms with Crippen LogP contribution in [0.5, 0.6) is 0 Å². The van der Waals surface area contributed by atoms with Gasteiger partial charge in [-0.25, -0.2) is 4.98 Å². The predicted molar refractivity (Wildman–Crippen MR) is 81.1 cm³/mol. The van der Waals surface area contributed by atoms with Crippen molar-refractivity contribution in [2.75, 3.05) is 13.7 Å². The van der Waals surface area contributed by atoms with Crippen LogP contribution in [0.3, 0.4) is 0 Å². The number of ether oxygens (including phenoxy) is 1. The van der Waals surface area contributed by atoms with Crippen LogP contribution in [-0.4, -0.2) is 35.7 Å². The molecule has 5 heteroatoms. The second kappa shape index (κ2) is 5.13. The van der Waals surface area contributed by atoms with Crippen molar-refractivity contribution >= 4 is 23.2 Å². The molecule has 110 valence electrons. The number of nitrogens with zero attached hydrogens (tertiary/aromatic N) is 2. The summed E-state index contributed by atoms with van der Waals surface area (Å²) >= 11 is 12.2. The largest absolute Gasteiger partial charge is 0.377 e. The molecular formula is C15H20Cl2N2O. The van der Waals surface area contributed by atoms with Crippen LogP contribution >= 0.6 is 23.2 Å². The summed E-state index contributed by atoms with van der Waals surface area (Å²) in [7, 11) is 2.14. The lowest BCUT2D eigenvalue weighted by Crippen LogP contribution is -2.65. The highest BCUT2D eigenvalue weighted by Gasteiger charge is 2.60. The number of fused-ring (bicyclic) bond motifs is 1. The number of hydrogen-bond donors (Lipinski definition) is 0. The highest BCUT2D eigenvalue weighted by molar-refractivity contribution is 6.32. The Bertz CT molecular complexity index is 521. The molecule has 1 aliphatic carbocycles. The van der Waals surface area contributed by atoms with Gasteiger partial charge in [-0.1, -0.05) is 37.0 Å². The van der Waals surface area contributed by atoms with Crippen LogP contribution in [-0.2, 0) is 11.3 Å². The van der Waals surface area contributed by atoms with E-state index < -0.39 is 0 Å². The molecule has 1 aromatic heterocycles. The van der Waals surface area contributed by atoms with Crippen molar-refractivity contribution in [3.05, 3.63) is 28.0 Å². The molecule has 0 spiro atoms. The molecule has 2 aliphatic rings. The van der Waals surface area contributed by atoms with Gasteiger partial charge in [0.05, 0.1) is 16.8 Å². The molecule has 20 heavy (non-hydrogen) atoms. The molecule has 3 rings (SSSR count). The molecule has 0 radical (unpaired) electrons. The minimum absolute atomic E-state index is 0.182. The van der Waals surface area contributed by atoms with E-state index in [1.165, 1.54) is 0 Å². The standard InChI is InChI=1S/C15H20Cl2N2O/c1-15(2)13(9-6-7-20-14(9)15)19(3)8-11-10(16)4-5-12(17)18-11/h4-5,9,13-14H,6-8H2,1-3H3. The zero-order chi connectivity index (χ0) is 14.5. The summed E-state index contributed by atoms with van der Waals surface area (Å²) in [6.45, 7) is 6.18. The van der Waals surface area contributed by atoms with E-state index >= 15 is 0 Å². The number of halogens is 2. The zero-order valence-electron chi connectivity index (χ0n) is 12.1.